The van der Waals surface area contributed by atoms with Crippen LogP contribution in [0, 0.1) is 0 Å². The van der Waals surface area contributed by atoms with E-state index in [2.05, 4.69) is 10.5 Å². The standard InChI is InChI=1S/C4H8N2O/c1-5-6-4-2-7-3-4/h5H,2-3H2,1H3. The average molecular weight is 100 g/mol. The first-order valence-electron chi connectivity index (χ1n) is 2.23. The Kier molecular flexibility index (Phi) is 1.26. The van der Waals surface area contributed by atoms with Gasteiger partial charge < -0.3 is 10.2 Å². The molecule has 1 N–H and O–H groups in total. The van der Waals surface area contributed by atoms with Crippen LogP contribution in [0.1, 0.15) is 0 Å². The van der Waals surface area contributed by atoms with Gasteiger partial charge in [0.05, 0.1) is 18.9 Å². The van der Waals surface area contributed by atoms with Crippen molar-refractivity contribution in [1.82, 2.24) is 5.43 Å². The predicted octanol–water partition coefficient (Wildman–Crippen LogP) is -0.408. The van der Waals surface area contributed by atoms with Crippen molar-refractivity contribution in [3.05, 3.63) is 0 Å². The third-order valence-electron chi connectivity index (χ3n) is 0.807. The monoisotopic (exact) mass is 100 g/mol. The molecule has 1 heterocycles. The highest BCUT2D eigenvalue weighted by Crippen LogP contribution is 1.92. The number of hydrogen-bond donors (Lipinski definition) is 1. The van der Waals surface area contributed by atoms with E-state index in [9.17, 15) is 0 Å². The highest BCUT2D eigenvalue weighted by atomic mass is 16.5. The van der Waals surface area contributed by atoms with Gasteiger partial charge in [-0.2, -0.15) is 5.10 Å². The Bertz CT molecular complexity index is 83.7. The van der Waals surface area contributed by atoms with Crippen LogP contribution >= 0.6 is 0 Å². The van der Waals surface area contributed by atoms with Crippen molar-refractivity contribution >= 4 is 5.71 Å². The van der Waals surface area contributed by atoms with Gasteiger partial charge in [-0.25, -0.2) is 0 Å². The van der Waals surface area contributed by atoms with Gasteiger partial charge in [-0.1, -0.05) is 0 Å². The third-order valence-corrected chi connectivity index (χ3v) is 0.807. The molecule has 0 atom stereocenters. The largest absolute Gasteiger partial charge is 0.369 e. The van der Waals surface area contributed by atoms with Gasteiger partial charge in [-0.05, 0) is 0 Å². The molecule has 0 saturated carbocycles. The molecule has 1 aliphatic rings. The van der Waals surface area contributed by atoms with Gasteiger partial charge in [0.25, 0.3) is 0 Å². The molecule has 40 valence electrons. The number of hydrazone groups is 1. The molecule has 3 heteroatoms. The quantitative estimate of drug-likeness (QED) is 0.454. The molecule has 7 heavy (non-hydrogen) atoms. The summed E-state index contributed by atoms with van der Waals surface area (Å²) in [7, 11) is 1.78. The molecule has 0 spiro atoms. The van der Waals surface area contributed by atoms with Crippen molar-refractivity contribution in [2.45, 2.75) is 0 Å². The molecule has 1 aliphatic heterocycles. The van der Waals surface area contributed by atoms with E-state index in [1.165, 1.54) is 0 Å². The molecule has 0 unspecified atom stereocenters. The summed E-state index contributed by atoms with van der Waals surface area (Å²) in [6.45, 7) is 1.42. The highest BCUT2D eigenvalue weighted by Gasteiger charge is 2.08. The molecule has 0 aromatic heterocycles. The highest BCUT2D eigenvalue weighted by molar-refractivity contribution is 5.90. The van der Waals surface area contributed by atoms with E-state index in [0.717, 1.165) is 5.71 Å². The Morgan fingerprint density at radius 3 is 2.57 bits per heavy atom. The molecule has 0 bridgehead atoms. The van der Waals surface area contributed by atoms with Crippen molar-refractivity contribution in [3.8, 4) is 0 Å². The van der Waals surface area contributed by atoms with Gasteiger partial charge in [0.1, 0.15) is 0 Å². The summed E-state index contributed by atoms with van der Waals surface area (Å²) in [5, 5.41) is 3.87. The fourth-order valence-electron chi connectivity index (χ4n) is 0.416. The van der Waals surface area contributed by atoms with Crippen LogP contribution in [-0.4, -0.2) is 26.0 Å². The topological polar surface area (TPSA) is 33.6 Å². The second kappa shape index (κ2) is 1.93. The fourth-order valence-corrected chi connectivity index (χ4v) is 0.416. The fraction of sp³-hybridized carbons (Fsp3) is 0.750. The minimum absolute atomic E-state index is 0.709. The van der Waals surface area contributed by atoms with Gasteiger partial charge >= 0.3 is 0 Å². The summed E-state index contributed by atoms with van der Waals surface area (Å²) >= 11 is 0. The Morgan fingerprint density at radius 2 is 2.43 bits per heavy atom. The first kappa shape index (κ1) is 4.59. The second-order valence-corrected chi connectivity index (χ2v) is 1.39. The molecule has 0 aromatic rings. The van der Waals surface area contributed by atoms with Crippen molar-refractivity contribution in [1.29, 1.82) is 0 Å². The summed E-state index contributed by atoms with van der Waals surface area (Å²) in [6, 6.07) is 0. The number of nitrogens with one attached hydrogen (secondary N) is 1. The lowest BCUT2D eigenvalue weighted by atomic mass is 10.3. The van der Waals surface area contributed by atoms with Crippen LogP contribution in [0.3, 0.4) is 0 Å². The average Bonchev–Trinajstić information content (AvgIpc) is 1.55. The SMILES string of the molecule is CNN=C1COC1. The Balaban J connectivity index is 2.23. The van der Waals surface area contributed by atoms with Gasteiger partial charge in [0.2, 0.25) is 0 Å². The summed E-state index contributed by atoms with van der Waals surface area (Å²) < 4.78 is 4.82. The molecule has 0 aliphatic carbocycles. The Labute approximate surface area is 42.4 Å². The maximum atomic E-state index is 4.82. The number of ether oxygens (including phenoxy) is 1. The molecule has 0 aromatic carbocycles. The van der Waals surface area contributed by atoms with Crippen molar-refractivity contribution in [2.24, 2.45) is 5.10 Å². The first-order valence-corrected chi connectivity index (χ1v) is 2.23. The van der Waals surface area contributed by atoms with E-state index in [1.54, 1.807) is 7.05 Å². The van der Waals surface area contributed by atoms with E-state index in [0.29, 0.717) is 13.2 Å². The number of rotatable bonds is 1. The van der Waals surface area contributed by atoms with Crippen LogP contribution in [0.5, 0.6) is 0 Å². The third kappa shape index (κ3) is 0.899. The van der Waals surface area contributed by atoms with Gasteiger partial charge in [-0.3, -0.25) is 0 Å². The smallest absolute Gasteiger partial charge is 0.0895 e. The number of nitrogens with zero attached hydrogens (tertiary/aromatic N) is 1. The lowest BCUT2D eigenvalue weighted by molar-refractivity contribution is 0.158. The van der Waals surface area contributed by atoms with Crippen molar-refractivity contribution in [2.75, 3.05) is 20.3 Å². The zero-order valence-corrected chi connectivity index (χ0v) is 4.27. The van der Waals surface area contributed by atoms with Gasteiger partial charge in [0.15, 0.2) is 0 Å². The van der Waals surface area contributed by atoms with Crippen LogP contribution in [0.2, 0.25) is 0 Å². The molecule has 0 radical (unpaired) electrons. The minimum Gasteiger partial charge on any atom is -0.369 e. The van der Waals surface area contributed by atoms with Crippen LogP contribution in [-0.2, 0) is 4.74 Å². The Morgan fingerprint density at radius 1 is 1.71 bits per heavy atom. The van der Waals surface area contributed by atoms with E-state index < -0.39 is 0 Å². The van der Waals surface area contributed by atoms with Crippen molar-refractivity contribution in [3.63, 3.8) is 0 Å². The zero-order valence-electron chi connectivity index (χ0n) is 4.27. The molecule has 1 rings (SSSR count). The molecular weight excluding hydrogens is 92.1 g/mol. The lowest BCUT2D eigenvalue weighted by Crippen LogP contribution is -2.29. The molecule has 1 saturated heterocycles. The van der Waals surface area contributed by atoms with E-state index in [1.807, 2.05) is 0 Å². The van der Waals surface area contributed by atoms with E-state index in [-0.39, 0.29) is 0 Å². The van der Waals surface area contributed by atoms with Crippen LogP contribution in [0.4, 0.5) is 0 Å². The lowest BCUT2D eigenvalue weighted by Gasteiger charge is -2.14. The maximum absolute atomic E-state index is 4.82. The normalized spacial score (nSPS) is 18.1. The van der Waals surface area contributed by atoms with Crippen molar-refractivity contribution < 1.29 is 4.74 Å². The molecular formula is C4H8N2O. The van der Waals surface area contributed by atoms with Crippen LogP contribution in [0.25, 0.3) is 0 Å². The zero-order chi connectivity index (χ0) is 5.11. The molecule has 0 amide bonds. The minimum atomic E-state index is 0.709. The van der Waals surface area contributed by atoms with E-state index >= 15 is 0 Å². The molecule has 3 nitrogen and oxygen atoms in total. The summed E-state index contributed by atoms with van der Waals surface area (Å²) in [5.74, 6) is 0. The predicted molar refractivity (Wildman–Crippen MR) is 27.3 cm³/mol. The molecule has 1 fully saturated rings. The maximum Gasteiger partial charge on any atom is 0.0895 e. The summed E-state index contributed by atoms with van der Waals surface area (Å²) in [4.78, 5) is 0. The number of hydrogen-bond acceptors (Lipinski definition) is 3. The van der Waals surface area contributed by atoms with E-state index in [4.69, 9.17) is 4.74 Å². The summed E-state index contributed by atoms with van der Waals surface area (Å²) in [5.41, 5.74) is 3.78. The Hall–Kier alpha value is -0.570. The van der Waals surface area contributed by atoms with Crippen LogP contribution < -0.4 is 5.43 Å². The van der Waals surface area contributed by atoms with Gasteiger partial charge in [0, 0.05) is 7.05 Å². The van der Waals surface area contributed by atoms with Crippen LogP contribution in [0.15, 0.2) is 5.10 Å². The van der Waals surface area contributed by atoms with Gasteiger partial charge in [-0.15, -0.1) is 0 Å². The second-order valence-electron chi connectivity index (χ2n) is 1.39. The first-order chi connectivity index (χ1) is 3.43. The summed E-state index contributed by atoms with van der Waals surface area (Å²) in [6.07, 6.45) is 0.